The molecule has 4 nitrogen and oxygen atoms in total. The number of guanidine groups is 1. The van der Waals surface area contributed by atoms with Crippen molar-refractivity contribution >= 4 is 5.96 Å². The summed E-state index contributed by atoms with van der Waals surface area (Å²) in [6.07, 6.45) is 3.96. The van der Waals surface area contributed by atoms with Crippen molar-refractivity contribution in [2.75, 3.05) is 19.6 Å². The molecule has 1 aromatic heterocycles. The number of benzene rings is 1. The summed E-state index contributed by atoms with van der Waals surface area (Å²) in [4.78, 5) is 11.5. The molecule has 1 aromatic carbocycles. The second-order valence-corrected chi connectivity index (χ2v) is 6.23. The minimum atomic E-state index is 0.783. The van der Waals surface area contributed by atoms with Gasteiger partial charge in [-0.2, -0.15) is 0 Å². The minimum Gasteiger partial charge on any atom is -0.357 e. The van der Waals surface area contributed by atoms with E-state index in [9.17, 15) is 0 Å². The first-order chi connectivity index (χ1) is 11.8. The van der Waals surface area contributed by atoms with Gasteiger partial charge in [0.1, 0.15) is 0 Å². The Bertz CT molecular complexity index is 691. The Morgan fingerprint density at radius 2 is 2.04 bits per heavy atom. The van der Waals surface area contributed by atoms with Gasteiger partial charge in [0.05, 0.1) is 0 Å². The molecule has 0 radical (unpaired) electrons. The number of fused-ring (bicyclic) bond motifs is 1. The van der Waals surface area contributed by atoms with Crippen LogP contribution in [-0.4, -0.2) is 35.5 Å². The summed E-state index contributed by atoms with van der Waals surface area (Å²) in [5, 5.41) is 3.44. The van der Waals surface area contributed by atoms with Gasteiger partial charge in [-0.15, -0.1) is 0 Å². The second kappa shape index (κ2) is 7.95. The third-order valence-electron chi connectivity index (χ3n) is 4.40. The molecule has 0 saturated carbocycles. The van der Waals surface area contributed by atoms with E-state index < -0.39 is 0 Å². The molecule has 2 aromatic rings. The van der Waals surface area contributed by atoms with Crippen LogP contribution >= 0.6 is 0 Å². The zero-order valence-corrected chi connectivity index (χ0v) is 14.6. The molecule has 0 amide bonds. The van der Waals surface area contributed by atoms with E-state index in [4.69, 9.17) is 4.99 Å². The monoisotopic (exact) mass is 322 g/mol. The van der Waals surface area contributed by atoms with Crippen LogP contribution in [0.25, 0.3) is 0 Å². The number of nitrogens with zero attached hydrogens (tertiary/aromatic N) is 3. The molecular formula is C20H26N4. The van der Waals surface area contributed by atoms with E-state index in [-0.39, 0.29) is 0 Å². The summed E-state index contributed by atoms with van der Waals surface area (Å²) < 4.78 is 0. The predicted octanol–water partition coefficient (Wildman–Crippen LogP) is 2.96. The Hall–Kier alpha value is -2.36. The predicted molar refractivity (Wildman–Crippen MR) is 99.2 cm³/mol. The maximum Gasteiger partial charge on any atom is 0.194 e. The Balaban J connectivity index is 1.65. The minimum absolute atomic E-state index is 0.783. The zero-order valence-electron chi connectivity index (χ0n) is 14.6. The third kappa shape index (κ3) is 4.13. The fourth-order valence-electron chi connectivity index (χ4n) is 3.04. The lowest BCUT2D eigenvalue weighted by Crippen LogP contribution is -2.44. The van der Waals surface area contributed by atoms with E-state index in [1.165, 1.54) is 16.7 Å². The van der Waals surface area contributed by atoms with Crippen LogP contribution in [0.3, 0.4) is 0 Å². The molecule has 0 saturated heterocycles. The number of rotatable bonds is 4. The molecule has 0 aliphatic carbocycles. The standard InChI is InChI=1S/C20H26N4/c1-3-21-20(22-12-10-17-9-8-16(2)23-14-17)24-13-11-18-6-4-5-7-19(18)15-24/h4-9,14H,3,10-13,15H2,1-2H3,(H,21,22). The van der Waals surface area contributed by atoms with Crippen molar-refractivity contribution in [1.82, 2.24) is 15.2 Å². The highest BCUT2D eigenvalue weighted by molar-refractivity contribution is 5.80. The normalized spacial score (nSPS) is 14.4. The number of aliphatic imine (C=N–C) groups is 1. The molecule has 1 aliphatic heterocycles. The summed E-state index contributed by atoms with van der Waals surface area (Å²) >= 11 is 0. The number of aromatic nitrogens is 1. The van der Waals surface area contributed by atoms with Crippen molar-refractivity contribution < 1.29 is 0 Å². The van der Waals surface area contributed by atoms with Crippen LogP contribution in [0, 0.1) is 6.92 Å². The number of aryl methyl sites for hydroxylation is 1. The van der Waals surface area contributed by atoms with Crippen LogP contribution in [0.15, 0.2) is 47.6 Å². The number of hydrogen-bond acceptors (Lipinski definition) is 2. The van der Waals surface area contributed by atoms with Gasteiger partial charge < -0.3 is 10.2 Å². The van der Waals surface area contributed by atoms with Crippen LogP contribution in [0.5, 0.6) is 0 Å². The van der Waals surface area contributed by atoms with Crippen LogP contribution < -0.4 is 5.32 Å². The summed E-state index contributed by atoms with van der Waals surface area (Å²) in [5.74, 6) is 1.02. The van der Waals surface area contributed by atoms with Crippen molar-refractivity contribution in [1.29, 1.82) is 0 Å². The maximum absolute atomic E-state index is 4.83. The number of pyridine rings is 1. The zero-order chi connectivity index (χ0) is 16.8. The molecule has 4 heteroatoms. The maximum atomic E-state index is 4.83. The molecule has 24 heavy (non-hydrogen) atoms. The molecular weight excluding hydrogens is 296 g/mol. The van der Waals surface area contributed by atoms with Crippen LogP contribution in [0.1, 0.15) is 29.3 Å². The van der Waals surface area contributed by atoms with Gasteiger partial charge in [0, 0.05) is 38.1 Å². The molecule has 2 heterocycles. The van der Waals surface area contributed by atoms with Gasteiger partial charge in [0.15, 0.2) is 5.96 Å². The van der Waals surface area contributed by atoms with E-state index in [1.807, 2.05) is 13.1 Å². The van der Waals surface area contributed by atoms with E-state index in [0.29, 0.717) is 0 Å². The smallest absolute Gasteiger partial charge is 0.194 e. The van der Waals surface area contributed by atoms with Crippen molar-refractivity contribution in [3.8, 4) is 0 Å². The van der Waals surface area contributed by atoms with Gasteiger partial charge in [-0.25, -0.2) is 0 Å². The first-order valence-electron chi connectivity index (χ1n) is 8.78. The van der Waals surface area contributed by atoms with Gasteiger partial charge in [-0.05, 0) is 49.4 Å². The van der Waals surface area contributed by atoms with Crippen LogP contribution in [0.2, 0.25) is 0 Å². The van der Waals surface area contributed by atoms with Crippen LogP contribution in [0.4, 0.5) is 0 Å². The van der Waals surface area contributed by atoms with Crippen molar-refractivity contribution in [2.45, 2.75) is 33.2 Å². The largest absolute Gasteiger partial charge is 0.357 e. The molecule has 0 fully saturated rings. The number of hydrogen-bond donors (Lipinski definition) is 1. The quantitative estimate of drug-likeness (QED) is 0.695. The lowest BCUT2D eigenvalue weighted by molar-refractivity contribution is 0.379. The molecule has 1 aliphatic rings. The van der Waals surface area contributed by atoms with E-state index in [0.717, 1.165) is 50.7 Å². The first kappa shape index (κ1) is 16.5. The van der Waals surface area contributed by atoms with Crippen molar-refractivity contribution in [2.24, 2.45) is 4.99 Å². The van der Waals surface area contributed by atoms with Crippen molar-refractivity contribution in [3.63, 3.8) is 0 Å². The molecule has 3 rings (SSSR count). The Kier molecular flexibility index (Phi) is 5.47. The average molecular weight is 322 g/mol. The second-order valence-electron chi connectivity index (χ2n) is 6.23. The average Bonchev–Trinajstić information content (AvgIpc) is 2.62. The summed E-state index contributed by atoms with van der Waals surface area (Å²) in [7, 11) is 0. The highest BCUT2D eigenvalue weighted by Crippen LogP contribution is 2.18. The summed E-state index contributed by atoms with van der Waals surface area (Å²) in [6, 6.07) is 12.9. The summed E-state index contributed by atoms with van der Waals surface area (Å²) in [6.45, 7) is 7.77. The van der Waals surface area contributed by atoms with Crippen LogP contribution in [-0.2, 0) is 19.4 Å². The van der Waals surface area contributed by atoms with E-state index in [2.05, 4.69) is 58.5 Å². The molecule has 0 spiro atoms. The first-order valence-corrected chi connectivity index (χ1v) is 8.78. The number of nitrogens with one attached hydrogen (secondary N) is 1. The third-order valence-corrected chi connectivity index (χ3v) is 4.40. The molecule has 126 valence electrons. The topological polar surface area (TPSA) is 40.5 Å². The molecule has 0 unspecified atom stereocenters. The summed E-state index contributed by atoms with van der Waals surface area (Å²) in [5.41, 5.74) is 5.18. The van der Waals surface area contributed by atoms with Gasteiger partial charge in [0.25, 0.3) is 0 Å². The Labute approximate surface area is 144 Å². The Morgan fingerprint density at radius 3 is 2.79 bits per heavy atom. The van der Waals surface area contributed by atoms with Gasteiger partial charge in [0.2, 0.25) is 0 Å². The van der Waals surface area contributed by atoms with E-state index >= 15 is 0 Å². The highest BCUT2D eigenvalue weighted by Gasteiger charge is 2.18. The van der Waals surface area contributed by atoms with Crippen molar-refractivity contribution in [3.05, 3.63) is 65.0 Å². The van der Waals surface area contributed by atoms with Gasteiger partial charge >= 0.3 is 0 Å². The highest BCUT2D eigenvalue weighted by atomic mass is 15.3. The fourth-order valence-corrected chi connectivity index (χ4v) is 3.04. The van der Waals surface area contributed by atoms with Gasteiger partial charge in [-0.3, -0.25) is 9.98 Å². The fraction of sp³-hybridized carbons (Fsp3) is 0.400. The van der Waals surface area contributed by atoms with E-state index in [1.54, 1.807) is 0 Å². The lowest BCUT2D eigenvalue weighted by Gasteiger charge is -2.31. The van der Waals surface area contributed by atoms with Gasteiger partial charge in [-0.1, -0.05) is 30.3 Å². The lowest BCUT2D eigenvalue weighted by atomic mass is 10.0. The molecule has 1 N–H and O–H groups in total. The molecule has 0 atom stereocenters. The Morgan fingerprint density at radius 1 is 1.21 bits per heavy atom. The molecule has 0 bridgehead atoms. The SMILES string of the molecule is CCNC(=NCCc1ccc(C)nc1)N1CCc2ccccc2C1.